The van der Waals surface area contributed by atoms with Crippen LogP contribution in [-0.2, 0) is 4.74 Å². The summed E-state index contributed by atoms with van der Waals surface area (Å²) < 4.78 is 5.26. The molecule has 1 rings (SSSR count). The molecule has 1 heterocycles. The lowest BCUT2D eigenvalue weighted by molar-refractivity contribution is -0.00747. The summed E-state index contributed by atoms with van der Waals surface area (Å²) in [5.41, 5.74) is -0.430. The van der Waals surface area contributed by atoms with Gasteiger partial charge in [-0.15, -0.1) is 23.2 Å². The van der Waals surface area contributed by atoms with Crippen LogP contribution in [0.15, 0.2) is 0 Å². The first-order valence-electron chi connectivity index (χ1n) is 5.47. The van der Waals surface area contributed by atoms with Crippen molar-refractivity contribution in [2.24, 2.45) is 11.8 Å². The highest BCUT2D eigenvalue weighted by molar-refractivity contribution is 6.20. The van der Waals surface area contributed by atoms with E-state index in [0.717, 1.165) is 0 Å². The molecular formula is C11H19Cl2NO2. The fraction of sp³-hybridized carbons (Fsp3) is 0.909. The molecule has 1 aliphatic heterocycles. The Kier molecular flexibility index (Phi) is 4.74. The predicted molar refractivity (Wildman–Crippen MR) is 66.2 cm³/mol. The van der Waals surface area contributed by atoms with Crippen molar-refractivity contribution in [3.8, 4) is 0 Å². The minimum absolute atomic E-state index is 0.244. The van der Waals surface area contributed by atoms with Gasteiger partial charge in [-0.1, -0.05) is 0 Å². The molecule has 0 N–H and O–H groups in total. The average molecular weight is 268 g/mol. The Balaban J connectivity index is 2.33. The standard InChI is InChI=1S/C11H19Cl2NO2/c1-11(2,3)16-10(15)14-6-9(7-14)8(4-12)5-13/h8-9H,4-7H2,1-3H3. The fourth-order valence-corrected chi connectivity index (χ4v) is 2.41. The van der Waals surface area contributed by atoms with Crippen molar-refractivity contribution < 1.29 is 9.53 Å². The Morgan fingerprint density at radius 3 is 2.25 bits per heavy atom. The molecule has 0 aromatic carbocycles. The van der Waals surface area contributed by atoms with Gasteiger partial charge in [0.2, 0.25) is 0 Å². The first-order valence-corrected chi connectivity index (χ1v) is 6.54. The van der Waals surface area contributed by atoms with Crippen LogP contribution in [0.5, 0.6) is 0 Å². The number of hydrogen-bond acceptors (Lipinski definition) is 2. The number of ether oxygens (including phenoxy) is 1. The number of alkyl halides is 2. The summed E-state index contributed by atoms with van der Waals surface area (Å²) in [6.45, 7) is 7.01. The Hall–Kier alpha value is -0.150. The summed E-state index contributed by atoms with van der Waals surface area (Å²) in [5.74, 6) is 1.82. The molecule has 1 aliphatic rings. The van der Waals surface area contributed by atoms with Crippen LogP contribution in [0.2, 0.25) is 0 Å². The zero-order valence-corrected chi connectivity index (χ0v) is 11.5. The van der Waals surface area contributed by atoms with E-state index < -0.39 is 5.60 Å². The van der Waals surface area contributed by atoms with Gasteiger partial charge < -0.3 is 9.64 Å². The molecular weight excluding hydrogens is 249 g/mol. The maximum Gasteiger partial charge on any atom is 0.410 e. The maximum atomic E-state index is 11.6. The molecule has 0 aromatic heterocycles. The molecule has 3 nitrogen and oxygen atoms in total. The summed E-state index contributed by atoms with van der Waals surface area (Å²) >= 11 is 11.6. The van der Waals surface area contributed by atoms with Crippen LogP contribution in [0, 0.1) is 11.8 Å². The number of hydrogen-bond donors (Lipinski definition) is 0. The van der Waals surface area contributed by atoms with Crippen LogP contribution in [-0.4, -0.2) is 41.4 Å². The molecule has 0 atom stereocenters. The van der Waals surface area contributed by atoms with E-state index in [1.807, 2.05) is 20.8 Å². The smallest absolute Gasteiger partial charge is 0.410 e. The number of rotatable bonds is 3. The number of nitrogens with zero attached hydrogens (tertiary/aromatic N) is 1. The molecule has 0 radical (unpaired) electrons. The third-order valence-corrected chi connectivity index (χ3v) is 3.42. The maximum absolute atomic E-state index is 11.6. The Bertz CT molecular complexity index is 243. The molecule has 1 fully saturated rings. The minimum Gasteiger partial charge on any atom is -0.444 e. The number of carbonyl (C=O) groups is 1. The van der Waals surface area contributed by atoms with E-state index in [2.05, 4.69) is 0 Å². The highest BCUT2D eigenvalue weighted by Gasteiger charge is 2.37. The van der Waals surface area contributed by atoms with E-state index in [-0.39, 0.29) is 6.09 Å². The summed E-state index contributed by atoms with van der Waals surface area (Å²) in [6, 6.07) is 0. The number of amides is 1. The number of carbonyl (C=O) groups excluding carboxylic acids is 1. The molecule has 1 saturated heterocycles. The van der Waals surface area contributed by atoms with Gasteiger partial charge in [-0.3, -0.25) is 0 Å². The van der Waals surface area contributed by atoms with Gasteiger partial charge in [0.25, 0.3) is 0 Å². The van der Waals surface area contributed by atoms with Crippen LogP contribution in [0.25, 0.3) is 0 Å². The molecule has 16 heavy (non-hydrogen) atoms. The van der Waals surface area contributed by atoms with Gasteiger partial charge >= 0.3 is 6.09 Å². The summed E-state index contributed by atoms with van der Waals surface area (Å²) in [6.07, 6.45) is -0.244. The second-order valence-corrected chi connectivity index (χ2v) is 5.83. The largest absolute Gasteiger partial charge is 0.444 e. The monoisotopic (exact) mass is 267 g/mol. The molecule has 0 saturated carbocycles. The number of halogens is 2. The Labute approximate surface area is 107 Å². The molecule has 94 valence electrons. The highest BCUT2D eigenvalue weighted by atomic mass is 35.5. The summed E-state index contributed by atoms with van der Waals surface area (Å²) in [4.78, 5) is 13.3. The molecule has 5 heteroatoms. The molecule has 0 unspecified atom stereocenters. The predicted octanol–water partition coefficient (Wildman–Crippen LogP) is 2.95. The van der Waals surface area contributed by atoms with E-state index in [0.29, 0.717) is 36.7 Å². The van der Waals surface area contributed by atoms with E-state index in [4.69, 9.17) is 27.9 Å². The molecule has 0 aromatic rings. The summed E-state index contributed by atoms with van der Waals surface area (Å²) in [5, 5.41) is 0. The van der Waals surface area contributed by atoms with Gasteiger partial charge in [0.1, 0.15) is 5.60 Å². The van der Waals surface area contributed by atoms with Gasteiger partial charge in [-0.05, 0) is 32.6 Å². The summed E-state index contributed by atoms with van der Waals surface area (Å²) in [7, 11) is 0. The van der Waals surface area contributed by atoms with Crippen LogP contribution in [0.3, 0.4) is 0 Å². The topological polar surface area (TPSA) is 29.5 Å². The third-order valence-electron chi connectivity index (χ3n) is 2.62. The van der Waals surface area contributed by atoms with Crippen LogP contribution < -0.4 is 0 Å². The van der Waals surface area contributed by atoms with Crippen LogP contribution >= 0.6 is 23.2 Å². The lowest BCUT2D eigenvalue weighted by atomic mass is 9.88. The van der Waals surface area contributed by atoms with Gasteiger partial charge in [0, 0.05) is 24.8 Å². The molecule has 0 spiro atoms. The number of likely N-dealkylation sites (tertiary alicyclic amines) is 1. The van der Waals surface area contributed by atoms with E-state index >= 15 is 0 Å². The molecule has 0 aliphatic carbocycles. The van der Waals surface area contributed by atoms with Gasteiger partial charge in [-0.2, -0.15) is 0 Å². The van der Waals surface area contributed by atoms with Gasteiger partial charge in [-0.25, -0.2) is 4.79 Å². The van der Waals surface area contributed by atoms with E-state index in [9.17, 15) is 4.79 Å². The Morgan fingerprint density at radius 1 is 1.38 bits per heavy atom. The first kappa shape index (κ1) is 13.9. The van der Waals surface area contributed by atoms with Crippen molar-refractivity contribution in [1.82, 2.24) is 4.90 Å². The quantitative estimate of drug-likeness (QED) is 0.736. The van der Waals surface area contributed by atoms with Crippen molar-refractivity contribution in [2.75, 3.05) is 24.8 Å². The van der Waals surface area contributed by atoms with E-state index in [1.165, 1.54) is 0 Å². The van der Waals surface area contributed by atoms with Crippen molar-refractivity contribution in [3.63, 3.8) is 0 Å². The van der Waals surface area contributed by atoms with Crippen LogP contribution in [0.4, 0.5) is 4.79 Å². The minimum atomic E-state index is -0.430. The van der Waals surface area contributed by atoms with Crippen molar-refractivity contribution in [3.05, 3.63) is 0 Å². The normalized spacial score (nSPS) is 17.5. The average Bonchev–Trinajstić information content (AvgIpc) is 2.06. The zero-order chi connectivity index (χ0) is 12.3. The molecule has 1 amide bonds. The Morgan fingerprint density at radius 2 is 1.88 bits per heavy atom. The van der Waals surface area contributed by atoms with Gasteiger partial charge in [0.15, 0.2) is 0 Å². The van der Waals surface area contributed by atoms with Crippen LogP contribution in [0.1, 0.15) is 20.8 Å². The second-order valence-electron chi connectivity index (χ2n) is 5.21. The third kappa shape index (κ3) is 3.70. The zero-order valence-electron chi connectivity index (χ0n) is 10.0. The van der Waals surface area contributed by atoms with Crippen molar-refractivity contribution in [1.29, 1.82) is 0 Å². The first-order chi connectivity index (χ1) is 7.37. The lowest BCUT2D eigenvalue weighted by Gasteiger charge is -2.42. The fourth-order valence-electron chi connectivity index (χ4n) is 1.58. The molecule has 0 bridgehead atoms. The van der Waals surface area contributed by atoms with Crippen molar-refractivity contribution >= 4 is 29.3 Å². The highest BCUT2D eigenvalue weighted by Crippen LogP contribution is 2.27. The van der Waals surface area contributed by atoms with E-state index in [1.54, 1.807) is 4.90 Å². The van der Waals surface area contributed by atoms with Crippen molar-refractivity contribution in [2.45, 2.75) is 26.4 Å². The SMILES string of the molecule is CC(C)(C)OC(=O)N1CC(C(CCl)CCl)C1. The lowest BCUT2D eigenvalue weighted by Crippen LogP contribution is -2.54. The van der Waals surface area contributed by atoms with Gasteiger partial charge in [0.05, 0.1) is 0 Å². The second kappa shape index (κ2) is 5.46.